The summed E-state index contributed by atoms with van der Waals surface area (Å²) in [6, 6.07) is 5.27. The maximum Gasteiger partial charge on any atom is 0.149 e. The second kappa shape index (κ2) is 6.06. The van der Waals surface area contributed by atoms with Crippen molar-refractivity contribution in [1.29, 1.82) is 0 Å². The van der Waals surface area contributed by atoms with Crippen molar-refractivity contribution in [2.45, 2.75) is 19.8 Å². The number of aromatic nitrogens is 2. The summed E-state index contributed by atoms with van der Waals surface area (Å²) >= 11 is 3.25. The van der Waals surface area contributed by atoms with Crippen molar-refractivity contribution in [1.82, 2.24) is 9.97 Å². The van der Waals surface area contributed by atoms with Crippen LogP contribution < -0.4 is 5.32 Å². The maximum atomic E-state index is 13.5. The number of anilines is 2. The highest BCUT2D eigenvalue weighted by Crippen LogP contribution is 2.23. The lowest BCUT2D eigenvalue weighted by Gasteiger charge is -2.09. The Kier molecular flexibility index (Phi) is 4.42. The Balaban J connectivity index is 2.33. The van der Waals surface area contributed by atoms with Crippen LogP contribution in [0.2, 0.25) is 0 Å². The Bertz CT molecular complexity index is 570. The number of nitrogens with zero attached hydrogens (tertiary/aromatic N) is 2. The number of nitrogens with one attached hydrogen (secondary N) is 1. The lowest BCUT2D eigenvalue weighted by atomic mass is 10.3. The Morgan fingerprint density at radius 3 is 2.53 bits per heavy atom. The second-order valence-electron chi connectivity index (χ2n) is 3.96. The third kappa shape index (κ3) is 3.47. The summed E-state index contributed by atoms with van der Waals surface area (Å²) in [6.07, 6.45) is 1.60. The van der Waals surface area contributed by atoms with Crippen LogP contribution in [0.1, 0.15) is 19.2 Å². The first-order chi connectivity index (χ1) is 9.10. The van der Waals surface area contributed by atoms with Crippen molar-refractivity contribution in [2.75, 3.05) is 5.32 Å². The van der Waals surface area contributed by atoms with E-state index in [0.29, 0.717) is 22.7 Å². The molecule has 0 aliphatic carbocycles. The average Bonchev–Trinajstić information content (AvgIpc) is 2.34. The second-order valence-corrected chi connectivity index (χ2v) is 4.78. The van der Waals surface area contributed by atoms with Crippen LogP contribution in [0.25, 0.3) is 0 Å². The van der Waals surface area contributed by atoms with Gasteiger partial charge in [-0.3, -0.25) is 0 Å². The molecule has 1 aromatic carbocycles. The Hall–Kier alpha value is -1.56. The van der Waals surface area contributed by atoms with Gasteiger partial charge in [-0.05, 0) is 34.5 Å². The SMILES string of the molecule is CCCc1nc(Br)cc(Nc2c(F)cccc2F)n1. The summed E-state index contributed by atoms with van der Waals surface area (Å²) in [4.78, 5) is 8.40. The van der Waals surface area contributed by atoms with E-state index < -0.39 is 11.6 Å². The van der Waals surface area contributed by atoms with Crippen molar-refractivity contribution in [2.24, 2.45) is 0 Å². The van der Waals surface area contributed by atoms with Gasteiger partial charge in [0, 0.05) is 12.5 Å². The Morgan fingerprint density at radius 1 is 1.21 bits per heavy atom. The van der Waals surface area contributed by atoms with Crippen molar-refractivity contribution in [3.63, 3.8) is 0 Å². The molecule has 3 nitrogen and oxygen atoms in total. The number of para-hydroxylation sites is 1. The number of aryl methyl sites for hydroxylation is 1. The van der Waals surface area contributed by atoms with Gasteiger partial charge in [-0.2, -0.15) is 0 Å². The van der Waals surface area contributed by atoms with Crippen molar-refractivity contribution >= 4 is 27.4 Å². The standard InChI is InChI=1S/C13H12BrF2N3/c1-2-4-11-17-10(14)7-12(18-11)19-13-8(15)5-3-6-9(13)16/h3,5-7H,2,4H2,1H3,(H,17,18,19). The predicted molar refractivity (Wildman–Crippen MR) is 73.4 cm³/mol. The van der Waals surface area contributed by atoms with Gasteiger partial charge >= 0.3 is 0 Å². The molecular weight excluding hydrogens is 316 g/mol. The van der Waals surface area contributed by atoms with Gasteiger partial charge in [0.2, 0.25) is 0 Å². The van der Waals surface area contributed by atoms with Crippen LogP contribution in [-0.2, 0) is 6.42 Å². The van der Waals surface area contributed by atoms with Gasteiger partial charge < -0.3 is 5.32 Å². The molecule has 0 fully saturated rings. The zero-order valence-corrected chi connectivity index (χ0v) is 11.8. The molecule has 0 radical (unpaired) electrons. The highest BCUT2D eigenvalue weighted by molar-refractivity contribution is 9.10. The molecule has 1 N–H and O–H groups in total. The normalized spacial score (nSPS) is 10.5. The Labute approximate surface area is 118 Å². The fraction of sp³-hybridized carbons (Fsp3) is 0.231. The smallest absolute Gasteiger partial charge is 0.149 e. The van der Waals surface area contributed by atoms with E-state index in [2.05, 4.69) is 31.2 Å². The van der Waals surface area contributed by atoms with Gasteiger partial charge in [0.15, 0.2) is 0 Å². The molecule has 2 rings (SSSR count). The van der Waals surface area contributed by atoms with Crippen molar-refractivity contribution in [3.05, 3.63) is 46.3 Å². The molecule has 6 heteroatoms. The third-order valence-corrected chi connectivity index (χ3v) is 2.84. The molecule has 100 valence electrons. The molecule has 1 aromatic heterocycles. The molecule has 1 heterocycles. The zero-order chi connectivity index (χ0) is 13.8. The molecule has 2 aromatic rings. The van der Waals surface area contributed by atoms with Crippen LogP contribution in [0.15, 0.2) is 28.9 Å². The molecule has 0 saturated carbocycles. The van der Waals surface area contributed by atoms with Gasteiger partial charge in [0.25, 0.3) is 0 Å². The number of rotatable bonds is 4. The van der Waals surface area contributed by atoms with E-state index in [1.807, 2.05) is 6.92 Å². The number of halogens is 3. The van der Waals surface area contributed by atoms with Gasteiger partial charge in [-0.1, -0.05) is 13.0 Å². The molecule has 0 aliphatic heterocycles. The quantitative estimate of drug-likeness (QED) is 0.854. The topological polar surface area (TPSA) is 37.8 Å². The molecule has 0 spiro atoms. The minimum Gasteiger partial charge on any atom is -0.335 e. The average molecular weight is 328 g/mol. The van der Waals surface area contributed by atoms with Crippen molar-refractivity contribution < 1.29 is 8.78 Å². The predicted octanol–water partition coefficient (Wildman–Crippen LogP) is 4.21. The van der Waals surface area contributed by atoms with E-state index >= 15 is 0 Å². The summed E-state index contributed by atoms with van der Waals surface area (Å²) in [7, 11) is 0. The van der Waals surface area contributed by atoms with E-state index in [1.165, 1.54) is 18.2 Å². The van der Waals surface area contributed by atoms with E-state index in [1.54, 1.807) is 6.07 Å². The molecule has 19 heavy (non-hydrogen) atoms. The minimum atomic E-state index is -0.660. The van der Waals surface area contributed by atoms with E-state index in [4.69, 9.17) is 0 Å². The maximum absolute atomic E-state index is 13.5. The number of benzene rings is 1. The van der Waals surface area contributed by atoms with Crippen LogP contribution in [0.3, 0.4) is 0 Å². The Morgan fingerprint density at radius 2 is 1.89 bits per heavy atom. The van der Waals surface area contributed by atoms with Gasteiger partial charge in [0.05, 0.1) is 0 Å². The molecule has 0 bridgehead atoms. The molecule has 0 amide bonds. The molecular formula is C13H12BrF2N3. The molecule has 0 atom stereocenters. The van der Waals surface area contributed by atoms with E-state index in [9.17, 15) is 8.78 Å². The summed E-state index contributed by atoms with van der Waals surface area (Å²) in [5, 5.41) is 2.65. The van der Waals surface area contributed by atoms with E-state index in [-0.39, 0.29) is 5.69 Å². The molecule has 0 aliphatic rings. The zero-order valence-electron chi connectivity index (χ0n) is 10.3. The lowest BCUT2D eigenvalue weighted by Crippen LogP contribution is -2.03. The summed E-state index contributed by atoms with van der Waals surface area (Å²) in [5.41, 5.74) is -0.212. The van der Waals surface area contributed by atoms with Crippen LogP contribution in [0.4, 0.5) is 20.3 Å². The van der Waals surface area contributed by atoms with Crippen LogP contribution in [-0.4, -0.2) is 9.97 Å². The number of hydrogen-bond acceptors (Lipinski definition) is 3. The summed E-state index contributed by atoms with van der Waals surface area (Å²) in [5.74, 6) is -0.344. The first-order valence-electron chi connectivity index (χ1n) is 5.84. The van der Waals surface area contributed by atoms with E-state index in [0.717, 1.165) is 6.42 Å². The minimum absolute atomic E-state index is 0.212. The van der Waals surface area contributed by atoms with Crippen LogP contribution in [0.5, 0.6) is 0 Å². The highest BCUT2D eigenvalue weighted by Gasteiger charge is 2.10. The largest absolute Gasteiger partial charge is 0.335 e. The fourth-order valence-electron chi connectivity index (χ4n) is 1.61. The monoisotopic (exact) mass is 327 g/mol. The summed E-state index contributed by atoms with van der Waals surface area (Å²) < 4.78 is 27.6. The molecule has 0 unspecified atom stereocenters. The van der Waals surface area contributed by atoms with Crippen LogP contribution in [0, 0.1) is 11.6 Å². The first-order valence-corrected chi connectivity index (χ1v) is 6.64. The van der Waals surface area contributed by atoms with Gasteiger partial charge in [-0.25, -0.2) is 18.7 Å². The first kappa shape index (κ1) is 13.9. The number of hydrogen-bond donors (Lipinski definition) is 1. The van der Waals surface area contributed by atoms with Crippen LogP contribution >= 0.6 is 15.9 Å². The highest BCUT2D eigenvalue weighted by atomic mass is 79.9. The third-order valence-electron chi connectivity index (χ3n) is 2.43. The van der Waals surface area contributed by atoms with Gasteiger partial charge in [0.1, 0.15) is 33.6 Å². The lowest BCUT2D eigenvalue weighted by molar-refractivity contribution is 0.590. The molecule has 0 saturated heterocycles. The van der Waals surface area contributed by atoms with Gasteiger partial charge in [-0.15, -0.1) is 0 Å². The fourth-order valence-corrected chi connectivity index (χ4v) is 2.03. The summed E-state index contributed by atoms with van der Waals surface area (Å²) in [6.45, 7) is 2.01. The van der Waals surface area contributed by atoms with Crippen molar-refractivity contribution in [3.8, 4) is 0 Å².